The number of hydrogen-bond acceptors (Lipinski definition) is 4. The molecule has 1 atom stereocenters. The largest absolute Gasteiger partial charge is 0.355 e. The summed E-state index contributed by atoms with van der Waals surface area (Å²) in [5.74, 6) is -0.859. The molecule has 0 saturated heterocycles. The predicted octanol–water partition coefficient (Wildman–Crippen LogP) is 4.36. The maximum atomic E-state index is 13.5. The SMILES string of the molecule is CCNC(=O)[C@@H](CC)N(Cc1ccc(Cl)cc1)C(=O)CN(c1ccc(Cl)c(Cl)c1)S(C)(=O)=O. The molecule has 0 bridgehead atoms. The van der Waals surface area contributed by atoms with Crippen LogP contribution in [0.1, 0.15) is 25.8 Å². The molecule has 0 fully saturated rings. The van der Waals surface area contributed by atoms with Gasteiger partial charge < -0.3 is 10.2 Å². The van der Waals surface area contributed by atoms with E-state index in [0.717, 1.165) is 16.1 Å². The smallest absolute Gasteiger partial charge is 0.244 e. The van der Waals surface area contributed by atoms with Crippen LogP contribution in [0.3, 0.4) is 0 Å². The zero-order valence-electron chi connectivity index (χ0n) is 18.5. The quantitative estimate of drug-likeness (QED) is 0.491. The summed E-state index contributed by atoms with van der Waals surface area (Å²) < 4.78 is 26.0. The summed E-state index contributed by atoms with van der Waals surface area (Å²) in [7, 11) is -3.85. The highest BCUT2D eigenvalue weighted by Crippen LogP contribution is 2.28. The third-order valence-electron chi connectivity index (χ3n) is 4.87. The fourth-order valence-electron chi connectivity index (χ4n) is 3.25. The Labute approximate surface area is 209 Å². The van der Waals surface area contributed by atoms with E-state index in [-0.39, 0.29) is 28.2 Å². The van der Waals surface area contributed by atoms with Gasteiger partial charge >= 0.3 is 0 Å². The highest BCUT2D eigenvalue weighted by molar-refractivity contribution is 7.92. The Bertz CT molecular complexity index is 1090. The van der Waals surface area contributed by atoms with Crippen LogP contribution in [0.4, 0.5) is 5.69 Å². The number of amides is 2. The molecule has 180 valence electrons. The first-order chi connectivity index (χ1) is 15.5. The number of rotatable bonds is 10. The Balaban J connectivity index is 2.44. The number of nitrogens with one attached hydrogen (secondary N) is 1. The van der Waals surface area contributed by atoms with Gasteiger partial charge in [-0.3, -0.25) is 13.9 Å². The molecule has 2 aromatic rings. The summed E-state index contributed by atoms with van der Waals surface area (Å²) in [4.78, 5) is 27.5. The molecule has 7 nitrogen and oxygen atoms in total. The second kappa shape index (κ2) is 11.9. The maximum Gasteiger partial charge on any atom is 0.244 e. The number of carbonyl (C=O) groups is 2. The van der Waals surface area contributed by atoms with Gasteiger partial charge in [-0.1, -0.05) is 53.9 Å². The van der Waals surface area contributed by atoms with Crippen molar-refractivity contribution in [1.82, 2.24) is 10.2 Å². The van der Waals surface area contributed by atoms with Gasteiger partial charge in [-0.05, 0) is 49.2 Å². The average Bonchev–Trinajstić information content (AvgIpc) is 2.74. The first-order valence-corrected chi connectivity index (χ1v) is 13.2. The molecule has 33 heavy (non-hydrogen) atoms. The van der Waals surface area contributed by atoms with Crippen LogP contribution in [0.15, 0.2) is 42.5 Å². The number of benzene rings is 2. The van der Waals surface area contributed by atoms with Gasteiger partial charge in [0, 0.05) is 18.1 Å². The first kappa shape index (κ1) is 27.2. The van der Waals surface area contributed by atoms with Crippen molar-refractivity contribution in [2.45, 2.75) is 32.9 Å². The molecule has 0 aliphatic heterocycles. The average molecular weight is 535 g/mol. The molecule has 11 heteroatoms. The third-order valence-corrected chi connectivity index (χ3v) is 7.01. The van der Waals surface area contributed by atoms with Gasteiger partial charge in [0.05, 0.1) is 22.0 Å². The standard InChI is InChI=1S/C22H26Cl3N3O4S/c1-4-20(22(30)26-5-2)27(13-15-6-8-16(23)9-7-15)21(29)14-28(33(3,31)32)17-10-11-18(24)19(25)12-17/h6-12,20H,4-5,13-14H2,1-3H3,(H,26,30)/t20-/m1/s1. The second-order valence-electron chi connectivity index (χ2n) is 7.33. The van der Waals surface area contributed by atoms with Crippen LogP contribution in [0.5, 0.6) is 0 Å². The fraction of sp³-hybridized carbons (Fsp3) is 0.364. The Morgan fingerprint density at radius 3 is 2.15 bits per heavy atom. The van der Waals surface area contributed by atoms with Crippen molar-refractivity contribution in [3.63, 3.8) is 0 Å². The minimum Gasteiger partial charge on any atom is -0.355 e. The Hall–Kier alpha value is -2.00. The van der Waals surface area contributed by atoms with Crippen molar-refractivity contribution < 1.29 is 18.0 Å². The number of carbonyl (C=O) groups excluding carboxylic acids is 2. The number of halogens is 3. The Kier molecular flexibility index (Phi) is 9.84. The minimum absolute atomic E-state index is 0.102. The van der Waals surface area contributed by atoms with Crippen LogP contribution in [0, 0.1) is 0 Å². The number of hydrogen-bond donors (Lipinski definition) is 1. The maximum absolute atomic E-state index is 13.5. The van der Waals surface area contributed by atoms with E-state index in [9.17, 15) is 18.0 Å². The molecule has 0 spiro atoms. The normalized spacial score (nSPS) is 12.2. The summed E-state index contributed by atoms with van der Waals surface area (Å²) in [6.07, 6.45) is 1.34. The van der Waals surface area contributed by atoms with Crippen LogP contribution < -0.4 is 9.62 Å². The molecule has 0 aliphatic rings. The van der Waals surface area contributed by atoms with Gasteiger partial charge in [0.1, 0.15) is 12.6 Å². The highest BCUT2D eigenvalue weighted by Gasteiger charge is 2.31. The highest BCUT2D eigenvalue weighted by atomic mass is 35.5. The summed E-state index contributed by atoms with van der Waals surface area (Å²) >= 11 is 18.0. The van der Waals surface area contributed by atoms with E-state index in [1.54, 1.807) is 38.1 Å². The Morgan fingerprint density at radius 2 is 1.64 bits per heavy atom. The molecule has 0 heterocycles. The summed E-state index contributed by atoms with van der Waals surface area (Å²) in [5, 5.41) is 3.69. The third kappa shape index (κ3) is 7.50. The summed E-state index contributed by atoms with van der Waals surface area (Å²) in [5.41, 5.74) is 0.939. The van der Waals surface area contributed by atoms with Gasteiger partial charge in [-0.2, -0.15) is 0 Å². The van der Waals surface area contributed by atoms with Gasteiger partial charge in [0.25, 0.3) is 0 Å². The van der Waals surface area contributed by atoms with E-state index in [1.165, 1.54) is 23.1 Å². The summed E-state index contributed by atoms with van der Waals surface area (Å²) in [6, 6.07) is 10.4. The number of sulfonamides is 1. The molecular formula is C22H26Cl3N3O4S. The van der Waals surface area contributed by atoms with E-state index in [0.29, 0.717) is 18.0 Å². The monoisotopic (exact) mass is 533 g/mol. The van der Waals surface area contributed by atoms with Gasteiger partial charge in [-0.25, -0.2) is 8.42 Å². The van der Waals surface area contributed by atoms with Crippen LogP contribution in [0.2, 0.25) is 15.1 Å². The minimum atomic E-state index is -3.85. The number of anilines is 1. The molecular weight excluding hydrogens is 509 g/mol. The lowest BCUT2D eigenvalue weighted by molar-refractivity contribution is -0.140. The molecule has 0 radical (unpaired) electrons. The molecule has 1 N–H and O–H groups in total. The van der Waals surface area contributed by atoms with Crippen LogP contribution in [-0.2, 0) is 26.2 Å². The van der Waals surface area contributed by atoms with Crippen LogP contribution >= 0.6 is 34.8 Å². The lowest BCUT2D eigenvalue weighted by Crippen LogP contribution is -2.52. The molecule has 0 aliphatic carbocycles. The van der Waals surface area contributed by atoms with E-state index in [4.69, 9.17) is 34.8 Å². The van der Waals surface area contributed by atoms with E-state index in [2.05, 4.69) is 5.32 Å². The number of nitrogens with zero attached hydrogens (tertiary/aromatic N) is 2. The Morgan fingerprint density at radius 1 is 1.00 bits per heavy atom. The zero-order chi connectivity index (χ0) is 24.8. The second-order valence-corrected chi connectivity index (χ2v) is 10.5. The molecule has 0 aromatic heterocycles. The first-order valence-electron chi connectivity index (χ1n) is 10.2. The summed E-state index contributed by atoms with van der Waals surface area (Å²) in [6.45, 7) is 3.56. The van der Waals surface area contributed by atoms with Crippen molar-refractivity contribution in [3.8, 4) is 0 Å². The molecule has 0 unspecified atom stereocenters. The predicted molar refractivity (Wildman–Crippen MR) is 133 cm³/mol. The van der Waals surface area contributed by atoms with Crippen molar-refractivity contribution in [2.24, 2.45) is 0 Å². The molecule has 2 aromatic carbocycles. The van der Waals surface area contributed by atoms with Crippen LogP contribution in [-0.4, -0.2) is 50.5 Å². The fourth-order valence-corrected chi connectivity index (χ4v) is 4.51. The van der Waals surface area contributed by atoms with Crippen molar-refractivity contribution >= 4 is 62.3 Å². The van der Waals surface area contributed by atoms with Gasteiger partial charge in [0.2, 0.25) is 21.8 Å². The molecule has 2 amide bonds. The lowest BCUT2D eigenvalue weighted by atomic mass is 10.1. The van der Waals surface area contributed by atoms with Gasteiger partial charge in [-0.15, -0.1) is 0 Å². The van der Waals surface area contributed by atoms with Crippen LogP contribution in [0.25, 0.3) is 0 Å². The van der Waals surface area contributed by atoms with E-state index in [1.807, 2.05) is 0 Å². The zero-order valence-corrected chi connectivity index (χ0v) is 21.6. The van der Waals surface area contributed by atoms with Crippen molar-refractivity contribution in [2.75, 3.05) is 23.7 Å². The molecule has 2 rings (SSSR count). The van der Waals surface area contributed by atoms with Crippen molar-refractivity contribution in [3.05, 3.63) is 63.1 Å². The van der Waals surface area contributed by atoms with Gasteiger partial charge in [0.15, 0.2) is 0 Å². The molecule has 0 saturated carbocycles. The topological polar surface area (TPSA) is 86.8 Å². The lowest BCUT2D eigenvalue weighted by Gasteiger charge is -2.32. The van der Waals surface area contributed by atoms with E-state index < -0.39 is 28.5 Å². The van der Waals surface area contributed by atoms with Crippen molar-refractivity contribution in [1.29, 1.82) is 0 Å². The number of likely N-dealkylation sites (N-methyl/N-ethyl adjacent to an activating group) is 1. The van der Waals surface area contributed by atoms with E-state index >= 15 is 0 Å².